The van der Waals surface area contributed by atoms with Gasteiger partial charge in [0.15, 0.2) is 0 Å². The van der Waals surface area contributed by atoms with E-state index in [1.807, 2.05) is 19.9 Å². The summed E-state index contributed by atoms with van der Waals surface area (Å²) in [4.78, 5) is 6.58. The summed E-state index contributed by atoms with van der Waals surface area (Å²) < 4.78 is 0. The molecule has 1 aliphatic heterocycles. The van der Waals surface area contributed by atoms with Crippen LogP contribution in [0.15, 0.2) is 6.07 Å². The molecule has 2 rings (SSSR count). The SMILES string of the molecule is Cc1cc(N2CCC(C)C(N)C2)c(C#N)c(C)n1. The molecule has 2 heterocycles. The predicted molar refractivity (Wildman–Crippen MR) is 72.4 cm³/mol. The van der Waals surface area contributed by atoms with Gasteiger partial charge in [-0.1, -0.05) is 6.92 Å². The topological polar surface area (TPSA) is 65.9 Å². The number of nitrogens with two attached hydrogens (primary N) is 1. The molecule has 0 radical (unpaired) electrons. The van der Waals surface area contributed by atoms with Gasteiger partial charge in [-0.15, -0.1) is 0 Å². The van der Waals surface area contributed by atoms with E-state index < -0.39 is 0 Å². The Hall–Kier alpha value is -1.60. The normalized spacial score (nSPS) is 23.8. The molecular weight excluding hydrogens is 224 g/mol. The third kappa shape index (κ3) is 2.32. The second-order valence-corrected chi connectivity index (χ2v) is 5.23. The summed E-state index contributed by atoms with van der Waals surface area (Å²) >= 11 is 0. The van der Waals surface area contributed by atoms with Gasteiger partial charge in [-0.25, -0.2) is 0 Å². The monoisotopic (exact) mass is 244 g/mol. The summed E-state index contributed by atoms with van der Waals surface area (Å²) in [5.41, 5.74) is 9.56. The van der Waals surface area contributed by atoms with Crippen molar-refractivity contribution in [3.05, 3.63) is 23.0 Å². The van der Waals surface area contributed by atoms with Crippen molar-refractivity contribution >= 4 is 5.69 Å². The van der Waals surface area contributed by atoms with Gasteiger partial charge in [0, 0.05) is 24.8 Å². The van der Waals surface area contributed by atoms with Crippen molar-refractivity contribution < 1.29 is 0 Å². The average molecular weight is 244 g/mol. The van der Waals surface area contributed by atoms with Crippen molar-refractivity contribution in [2.24, 2.45) is 11.7 Å². The van der Waals surface area contributed by atoms with Gasteiger partial charge in [-0.2, -0.15) is 5.26 Å². The minimum absolute atomic E-state index is 0.180. The molecule has 4 nitrogen and oxygen atoms in total. The molecule has 0 amide bonds. The lowest BCUT2D eigenvalue weighted by molar-refractivity contribution is 0.379. The third-order valence-electron chi connectivity index (χ3n) is 3.78. The second-order valence-electron chi connectivity index (χ2n) is 5.23. The van der Waals surface area contributed by atoms with E-state index in [-0.39, 0.29) is 6.04 Å². The van der Waals surface area contributed by atoms with Gasteiger partial charge in [0.1, 0.15) is 6.07 Å². The lowest BCUT2D eigenvalue weighted by atomic mass is 9.93. The first kappa shape index (κ1) is 12.8. The van der Waals surface area contributed by atoms with Crippen LogP contribution in [-0.4, -0.2) is 24.1 Å². The molecule has 0 saturated carbocycles. The number of hydrogen-bond acceptors (Lipinski definition) is 4. The molecule has 0 aromatic carbocycles. The van der Waals surface area contributed by atoms with Gasteiger partial charge in [0.2, 0.25) is 0 Å². The van der Waals surface area contributed by atoms with E-state index in [1.165, 1.54) is 0 Å². The molecule has 1 aliphatic rings. The molecule has 4 heteroatoms. The molecule has 2 unspecified atom stereocenters. The van der Waals surface area contributed by atoms with E-state index in [9.17, 15) is 5.26 Å². The number of rotatable bonds is 1. The molecule has 2 N–H and O–H groups in total. The van der Waals surface area contributed by atoms with Crippen molar-refractivity contribution in [2.75, 3.05) is 18.0 Å². The van der Waals surface area contributed by atoms with E-state index in [0.29, 0.717) is 11.5 Å². The Morgan fingerprint density at radius 3 is 2.83 bits per heavy atom. The maximum Gasteiger partial charge on any atom is 0.103 e. The van der Waals surface area contributed by atoms with E-state index >= 15 is 0 Å². The quantitative estimate of drug-likeness (QED) is 0.817. The maximum absolute atomic E-state index is 9.29. The molecule has 0 spiro atoms. The Kier molecular flexibility index (Phi) is 3.53. The molecule has 1 saturated heterocycles. The zero-order valence-electron chi connectivity index (χ0n) is 11.3. The first-order valence-electron chi connectivity index (χ1n) is 6.41. The van der Waals surface area contributed by atoms with Crippen LogP contribution in [0.4, 0.5) is 5.69 Å². The molecule has 1 aromatic rings. The van der Waals surface area contributed by atoms with E-state index in [1.54, 1.807) is 0 Å². The smallest absolute Gasteiger partial charge is 0.103 e. The van der Waals surface area contributed by atoms with Gasteiger partial charge in [-0.3, -0.25) is 4.98 Å². The van der Waals surface area contributed by atoms with E-state index in [0.717, 1.165) is 36.6 Å². The van der Waals surface area contributed by atoms with Crippen LogP contribution in [0.25, 0.3) is 0 Å². The predicted octanol–water partition coefficient (Wildman–Crippen LogP) is 1.74. The molecule has 96 valence electrons. The molecular formula is C14H20N4. The number of aromatic nitrogens is 1. The third-order valence-corrected chi connectivity index (χ3v) is 3.78. The summed E-state index contributed by atoms with van der Waals surface area (Å²) in [6.45, 7) is 7.83. The number of anilines is 1. The Labute approximate surface area is 108 Å². The van der Waals surface area contributed by atoms with Gasteiger partial charge >= 0.3 is 0 Å². The van der Waals surface area contributed by atoms with Crippen LogP contribution in [0.3, 0.4) is 0 Å². The standard InChI is InChI=1S/C14H20N4/c1-9-4-5-18(8-13(9)16)14-6-10(2)17-11(3)12(14)7-15/h6,9,13H,4-5,8,16H2,1-3H3. The number of nitriles is 1. The Morgan fingerprint density at radius 1 is 1.50 bits per heavy atom. The van der Waals surface area contributed by atoms with Crippen molar-refractivity contribution in [3.63, 3.8) is 0 Å². The summed E-state index contributed by atoms with van der Waals surface area (Å²) in [7, 11) is 0. The largest absolute Gasteiger partial charge is 0.369 e. The number of aryl methyl sites for hydroxylation is 2. The average Bonchev–Trinajstić information content (AvgIpc) is 2.32. The van der Waals surface area contributed by atoms with Crippen LogP contribution in [0.1, 0.15) is 30.3 Å². The van der Waals surface area contributed by atoms with Gasteiger partial charge < -0.3 is 10.6 Å². The Balaban J connectivity index is 2.36. The van der Waals surface area contributed by atoms with Gasteiger partial charge in [-0.05, 0) is 32.3 Å². The number of hydrogen-bond donors (Lipinski definition) is 1. The second kappa shape index (κ2) is 4.95. The van der Waals surface area contributed by atoms with E-state index in [2.05, 4.69) is 22.9 Å². The van der Waals surface area contributed by atoms with E-state index in [4.69, 9.17) is 5.73 Å². The summed E-state index contributed by atoms with van der Waals surface area (Å²) in [5, 5.41) is 9.29. The minimum Gasteiger partial charge on any atom is -0.369 e. The number of nitrogens with zero attached hydrogens (tertiary/aromatic N) is 3. The van der Waals surface area contributed by atoms with Gasteiger partial charge in [0.05, 0.1) is 16.9 Å². The van der Waals surface area contributed by atoms with Crippen molar-refractivity contribution in [1.82, 2.24) is 4.98 Å². The van der Waals surface area contributed by atoms with Crippen LogP contribution in [0.2, 0.25) is 0 Å². The Bertz CT molecular complexity index is 489. The van der Waals surface area contributed by atoms with Crippen LogP contribution in [-0.2, 0) is 0 Å². The fraction of sp³-hybridized carbons (Fsp3) is 0.571. The van der Waals surface area contributed by atoms with Crippen molar-refractivity contribution in [3.8, 4) is 6.07 Å². The van der Waals surface area contributed by atoms with Crippen LogP contribution in [0.5, 0.6) is 0 Å². The molecule has 0 bridgehead atoms. The van der Waals surface area contributed by atoms with Gasteiger partial charge in [0.25, 0.3) is 0 Å². The number of piperidine rings is 1. The summed E-state index contributed by atoms with van der Waals surface area (Å²) in [5.74, 6) is 0.552. The zero-order valence-corrected chi connectivity index (χ0v) is 11.3. The molecule has 1 fully saturated rings. The molecule has 18 heavy (non-hydrogen) atoms. The highest BCUT2D eigenvalue weighted by Gasteiger charge is 2.25. The Morgan fingerprint density at radius 2 is 2.22 bits per heavy atom. The molecule has 0 aliphatic carbocycles. The van der Waals surface area contributed by atoms with Crippen LogP contribution in [0, 0.1) is 31.1 Å². The maximum atomic E-state index is 9.29. The zero-order chi connectivity index (χ0) is 13.3. The summed E-state index contributed by atoms with van der Waals surface area (Å²) in [6.07, 6.45) is 1.08. The minimum atomic E-state index is 0.180. The first-order chi connectivity index (χ1) is 8.52. The van der Waals surface area contributed by atoms with Crippen LogP contribution >= 0.6 is 0 Å². The van der Waals surface area contributed by atoms with Crippen LogP contribution < -0.4 is 10.6 Å². The lowest BCUT2D eigenvalue weighted by Gasteiger charge is -2.37. The van der Waals surface area contributed by atoms with Crippen molar-refractivity contribution in [2.45, 2.75) is 33.2 Å². The van der Waals surface area contributed by atoms with Crippen molar-refractivity contribution in [1.29, 1.82) is 5.26 Å². The number of pyridine rings is 1. The lowest BCUT2D eigenvalue weighted by Crippen LogP contribution is -2.48. The summed E-state index contributed by atoms with van der Waals surface area (Å²) in [6, 6.07) is 4.44. The highest BCUT2D eigenvalue weighted by Crippen LogP contribution is 2.27. The molecule has 1 aromatic heterocycles. The highest BCUT2D eigenvalue weighted by molar-refractivity contribution is 5.62. The molecule has 2 atom stereocenters. The fourth-order valence-electron chi connectivity index (χ4n) is 2.51. The first-order valence-corrected chi connectivity index (χ1v) is 6.41. The fourth-order valence-corrected chi connectivity index (χ4v) is 2.51. The highest BCUT2D eigenvalue weighted by atomic mass is 15.2.